The molecule has 0 spiro atoms. The molecule has 0 fully saturated rings. The number of benzene rings is 1. The number of nitrogens with zero attached hydrogens (tertiary/aromatic N) is 3. The van der Waals surface area contributed by atoms with Crippen LogP contribution in [-0.2, 0) is 16.1 Å². The van der Waals surface area contributed by atoms with Crippen LogP contribution in [0.25, 0.3) is 0 Å². The number of carbonyl (C=O) groups excluding carboxylic acids is 1. The summed E-state index contributed by atoms with van der Waals surface area (Å²) in [6.45, 7) is 0.781. The van der Waals surface area contributed by atoms with E-state index in [1.807, 2.05) is 0 Å². The molecule has 1 aliphatic heterocycles. The third-order valence-electron chi connectivity index (χ3n) is 2.58. The van der Waals surface area contributed by atoms with Crippen molar-refractivity contribution in [3.63, 3.8) is 0 Å². The van der Waals surface area contributed by atoms with E-state index in [1.54, 1.807) is 23.2 Å². The monoisotopic (exact) mass is 287 g/mol. The maximum Gasteiger partial charge on any atom is 0.334 e. The fraction of sp³-hybridized carbons (Fsp3) is 0.364. The molecule has 0 N–H and O–H groups in total. The van der Waals surface area contributed by atoms with Crippen molar-refractivity contribution in [2.75, 3.05) is 13.7 Å². The highest BCUT2D eigenvalue weighted by Crippen LogP contribution is 2.27. The zero-order valence-corrected chi connectivity index (χ0v) is 11.1. The van der Waals surface area contributed by atoms with Gasteiger partial charge >= 0.3 is 5.97 Å². The van der Waals surface area contributed by atoms with Crippen LogP contribution in [0, 0.1) is 0 Å². The first kappa shape index (κ1) is 13.1. The molecular weight excluding hydrogens is 277 g/mol. The van der Waals surface area contributed by atoms with Crippen LogP contribution in [0.1, 0.15) is 5.56 Å². The Balaban J connectivity index is 2.05. The Morgan fingerprint density at radius 2 is 2.17 bits per heavy atom. The van der Waals surface area contributed by atoms with Crippen molar-refractivity contribution in [3.05, 3.63) is 33.8 Å². The van der Waals surface area contributed by atoms with Crippen molar-refractivity contribution in [1.29, 1.82) is 0 Å². The summed E-state index contributed by atoms with van der Waals surface area (Å²) in [5.74, 6) is -0.397. The molecule has 1 unspecified atom stereocenters. The largest absolute Gasteiger partial charge is 0.467 e. The average molecular weight is 288 g/mol. The molecular formula is C11H11Cl2N3O2. The van der Waals surface area contributed by atoms with Crippen LogP contribution in [0.5, 0.6) is 0 Å². The predicted octanol–water partition coefficient (Wildman–Crippen LogP) is 2.72. The molecule has 1 aromatic carbocycles. The predicted molar refractivity (Wildman–Crippen MR) is 67.5 cm³/mol. The number of hydrogen-bond donors (Lipinski definition) is 0. The van der Waals surface area contributed by atoms with Crippen LogP contribution < -0.4 is 0 Å². The van der Waals surface area contributed by atoms with E-state index in [4.69, 9.17) is 23.2 Å². The van der Waals surface area contributed by atoms with Gasteiger partial charge in [0.2, 0.25) is 0 Å². The summed E-state index contributed by atoms with van der Waals surface area (Å²) in [5.41, 5.74) is 0.769. The van der Waals surface area contributed by atoms with Gasteiger partial charge in [-0.2, -0.15) is 5.11 Å². The third-order valence-corrected chi connectivity index (χ3v) is 3.28. The van der Waals surface area contributed by atoms with Crippen molar-refractivity contribution < 1.29 is 9.53 Å². The highest BCUT2D eigenvalue weighted by molar-refractivity contribution is 6.35. The van der Waals surface area contributed by atoms with E-state index < -0.39 is 12.0 Å². The first-order chi connectivity index (χ1) is 8.61. The Morgan fingerprint density at radius 3 is 2.78 bits per heavy atom. The minimum absolute atomic E-state index is 0.369. The Kier molecular flexibility index (Phi) is 4.04. The van der Waals surface area contributed by atoms with E-state index in [9.17, 15) is 4.79 Å². The molecule has 0 saturated carbocycles. The molecule has 0 aromatic heterocycles. The Hall–Kier alpha value is -1.33. The molecule has 1 heterocycles. The van der Waals surface area contributed by atoms with E-state index >= 15 is 0 Å². The fourth-order valence-electron chi connectivity index (χ4n) is 1.63. The number of hydrogen-bond acceptors (Lipinski definition) is 5. The second-order valence-corrected chi connectivity index (χ2v) is 4.61. The normalized spacial score (nSPS) is 18.2. The molecule has 2 rings (SSSR count). The van der Waals surface area contributed by atoms with Gasteiger partial charge in [-0.25, -0.2) is 4.79 Å². The summed E-state index contributed by atoms with van der Waals surface area (Å²) >= 11 is 12.1. The van der Waals surface area contributed by atoms with Gasteiger partial charge in [0.15, 0.2) is 6.04 Å². The number of methoxy groups -OCH3 is 1. The number of esters is 1. The Labute approximate surface area is 114 Å². The van der Waals surface area contributed by atoms with E-state index in [0.717, 1.165) is 5.56 Å². The Morgan fingerprint density at radius 1 is 1.50 bits per heavy atom. The fourth-order valence-corrected chi connectivity index (χ4v) is 2.14. The van der Waals surface area contributed by atoms with Crippen molar-refractivity contribution in [2.24, 2.45) is 10.3 Å². The van der Waals surface area contributed by atoms with Gasteiger partial charge in [-0.15, -0.1) is 0 Å². The Bertz CT molecular complexity index is 473. The van der Waals surface area contributed by atoms with Gasteiger partial charge in [0.1, 0.15) is 0 Å². The lowest BCUT2D eigenvalue weighted by molar-refractivity contribution is -0.141. The summed E-state index contributed by atoms with van der Waals surface area (Å²) in [6, 6.07) is 4.72. The maximum atomic E-state index is 11.3. The summed E-state index contributed by atoms with van der Waals surface area (Å²) in [6.07, 6.45) is 0. The lowest BCUT2D eigenvalue weighted by Crippen LogP contribution is -2.28. The summed E-state index contributed by atoms with van der Waals surface area (Å²) in [4.78, 5) is 11.3. The average Bonchev–Trinajstić information content (AvgIpc) is 2.81. The zero-order chi connectivity index (χ0) is 13.1. The van der Waals surface area contributed by atoms with Gasteiger partial charge < -0.3 is 4.74 Å². The minimum atomic E-state index is -0.573. The van der Waals surface area contributed by atoms with E-state index in [0.29, 0.717) is 23.1 Å². The lowest BCUT2D eigenvalue weighted by atomic mass is 10.2. The van der Waals surface area contributed by atoms with Crippen LogP contribution in [0.15, 0.2) is 28.5 Å². The van der Waals surface area contributed by atoms with E-state index in [2.05, 4.69) is 15.1 Å². The molecule has 1 aliphatic rings. The smallest absolute Gasteiger partial charge is 0.334 e. The highest BCUT2D eigenvalue weighted by Gasteiger charge is 2.27. The van der Waals surface area contributed by atoms with Gasteiger partial charge in [-0.05, 0) is 12.1 Å². The van der Waals surface area contributed by atoms with Crippen LogP contribution in [0.3, 0.4) is 0 Å². The first-order valence-corrected chi connectivity index (χ1v) is 6.04. The summed E-state index contributed by atoms with van der Waals surface area (Å²) in [5, 5.41) is 10.5. The number of rotatable bonds is 3. The molecule has 7 heteroatoms. The lowest BCUT2D eigenvalue weighted by Gasteiger charge is -2.15. The molecule has 0 bridgehead atoms. The van der Waals surface area contributed by atoms with Crippen molar-refractivity contribution in [3.8, 4) is 0 Å². The van der Waals surface area contributed by atoms with Crippen LogP contribution in [-0.4, -0.2) is 30.7 Å². The van der Waals surface area contributed by atoms with Crippen molar-refractivity contribution in [2.45, 2.75) is 12.6 Å². The summed E-state index contributed by atoms with van der Waals surface area (Å²) < 4.78 is 4.61. The highest BCUT2D eigenvalue weighted by atomic mass is 35.5. The molecule has 96 valence electrons. The second-order valence-electron chi connectivity index (χ2n) is 3.79. The zero-order valence-electron chi connectivity index (χ0n) is 9.64. The van der Waals surface area contributed by atoms with E-state index in [-0.39, 0.29) is 0 Å². The van der Waals surface area contributed by atoms with Crippen LogP contribution in [0.2, 0.25) is 10.0 Å². The molecule has 5 nitrogen and oxygen atoms in total. The standard InChI is InChI=1S/C11H11Cl2N3O2/c1-18-11(17)10-6-16(15-14-10)5-7-8(12)3-2-4-9(7)13/h2-4,10H,5-6H2,1H3. The number of halogens is 2. The van der Waals surface area contributed by atoms with Crippen LogP contribution in [0.4, 0.5) is 0 Å². The molecule has 0 amide bonds. The van der Waals surface area contributed by atoms with Gasteiger partial charge in [-0.1, -0.05) is 34.5 Å². The third kappa shape index (κ3) is 2.73. The molecule has 0 saturated heterocycles. The van der Waals surface area contributed by atoms with Gasteiger partial charge in [0.25, 0.3) is 0 Å². The second kappa shape index (κ2) is 5.54. The van der Waals surface area contributed by atoms with Crippen molar-refractivity contribution >= 4 is 29.2 Å². The van der Waals surface area contributed by atoms with Gasteiger partial charge in [0, 0.05) is 15.6 Å². The number of carbonyl (C=O) groups is 1. The molecule has 0 radical (unpaired) electrons. The summed E-state index contributed by atoms with van der Waals surface area (Å²) in [7, 11) is 1.32. The maximum absolute atomic E-state index is 11.3. The minimum Gasteiger partial charge on any atom is -0.467 e. The molecule has 1 aromatic rings. The van der Waals surface area contributed by atoms with Crippen molar-refractivity contribution in [1.82, 2.24) is 5.01 Å². The molecule has 1 atom stereocenters. The van der Waals surface area contributed by atoms with Crippen LogP contribution >= 0.6 is 23.2 Å². The number of ether oxygens (including phenoxy) is 1. The molecule has 18 heavy (non-hydrogen) atoms. The van der Waals surface area contributed by atoms with Gasteiger partial charge in [-0.3, -0.25) is 5.01 Å². The molecule has 0 aliphatic carbocycles. The first-order valence-electron chi connectivity index (χ1n) is 5.28. The van der Waals surface area contributed by atoms with Gasteiger partial charge in [0.05, 0.1) is 20.2 Å². The van der Waals surface area contributed by atoms with E-state index in [1.165, 1.54) is 7.11 Å². The quantitative estimate of drug-likeness (QED) is 0.803. The topological polar surface area (TPSA) is 54.3 Å². The SMILES string of the molecule is COC(=O)C1CN(Cc2c(Cl)cccc2Cl)N=N1.